The Bertz CT molecular complexity index is 531. The number of rotatable bonds is 3. The van der Waals surface area contributed by atoms with Crippen LogP contribution in [-0.2, 0) is 5.75 Å². The summed E-state index contributed by atoms with van der Waals surface area (Å²) in [6.07, 6.45) is 0. The molecular formula is C13H11BrClNS. The summed E-state index contributed by atoms with van der Waals surface area (Å²) in [5, 5.41) is 0.717. The summed E-state index contributed by atoms with van der Waals surface area (Å²) in [5.74, 6) is 0.867. The van der Waals surface area contributed by atoms with Gasteiger partial charge in [-0.2, -0.15) is 0 Å². The molecule has 0 heterocycles. The van der Waals surface area contributed by atoms with Crippen molar-refractivity contribution in [3.05, 3.63) is 57.5 Å². The summed E-state index contributed by atoms with van der Waals surface area (Å²) in [5.41, 5.74) is 7.92. The van der Waals surface area contributed by atoms with Crippen molar-refractivity contribution in [2.75, 3.05) is 5.73 Å². The summed E-state index contributed by atoms with van der Waals surface area (Å²) in [6.45, 7) is 0. The minimum absolute atomic E-state index is 0.717. The zero-order valence-electron chi connectivity index (χ0n) is 8.99. The number of halogens is 2. The molecule has 0 aliphatic heterocycles. The van der Waals surface area contributed by atoms with E-state index in [2.05, 4.69) is 22.0 Å². The molecule has 0 saturated heterocycles. The summed E-state index contributed by atoms with van der Waals surface area (Å²) >= 11 is 11.2. The SMILES string of the molecule is Nc1ccc(Cl)cc1SCc1ccccc1Br. The third-order valence-corrected chi connectivity index (χ3v) is 4.45. The molecule has 0 bridgehead atoms. The van der Waals surface area contributed by atoms with Crippen molar-refractivity contribution in [1.82, 2.24) is 0 Å². The number of nitrogen functional groups attached to an aromatic ring is 1. The van der Waals surface area contributed by atoms with Gasteiger partial charge in [-0.25, -0.2) is 0 Å². The molecule has 0 amide bonds. The molecule has 0 saturated carbocycles. The van der Waals surface area contributed by atoms with Gasteiger partial charge in [-0.15, -0.1) is 11.8 Å². The minimum atomic E-state index is 0.717. The first kappa shape index (κ1) is 12.8. The summed E-state index contributed by atoms with van der Waals surface area (Å²) < 4.78 is 1.12. The van der Waals surface area contributed by atoms with E-state index in [4.69, 9.17) is 17.3 Å². The summed E-state index contributed by atoms with van der Waals surface area (Å²) in [6, 6.07) is 13.7. The number of thioether (sulfide) groups is 1. The molecule has 88 valence electrons. The molecule has 0 aromatic heterocycles. The Hall–Kier alpha value is -0.640. The van der Waals surface area contributed by atoms with Gasteiger partial charge in [0.05, 0.1) is 0 Å². The lowest BCUT2D eigenvalue weighted by Crippen LogP contribution is -1.89. The molecule has 0 radical (unpaired) electrons. The van der Waals surface area contributed by atoms with Gasteiger partial charge in [0.25, 0.3) is 0 Å². The predicted octanol–water partition coefficient (Wildman–Crippen LogP) is 4.98. The van der Waals surface area contributed by atoms with Crippen molar-refractivity contribution >= 4 is 45.0 Å². The molecule has 0 unspecified atom stereocenters. The second-order valence-corrected chi connectivity index (χ2v) is 5.87. The second kappa shape index (κ2) is 5.80. The highest BCUT2D eigenvalue weighted by Gasteiger charge is 2.04. The smallest absolute Gasteiger partial charge is 0.0453 e. The van der Waals surface area contributed by atoms with Crippen LogP contribution in [0.15, 0.2) is 51.8 Å². The molecule has 2 rings (SSSR count). The van der Waals surface area contributed by atoms with Gasteiger partial charge < -0.3 is 5.73 Å². The van der Waals surface area contributed by atoms with Gasteiger partial charge in [-0.1, -0.05) is 45.7 Å². The predicted molar refractivity (Wildman–Crippen MR) is 79.6 cm³/mol. The first-order valence-electron chi connectivity index (χ1n) is 5.08. The van der Waals surface area contributed by atoms with E-state index >= 15 is 0 Å². The van der Waals surface area contributed by atoms with Gasteiger partial charge in [-0.05, 0) is 29.8 Å². The Morgan fingerprint density at radius 3 is 2.71 bits per heavy atom. The lowest BCUT2D eigenvalue weighted by atomic mass is 10.2. The zero-order chi connectivity index (χ0) is 12.3. The molecule has 0 fully saturated rings. The average molecular weight is 329 g/mol. The van der Waals surface area contributed by atoms with Crippen molar-refractivity contribution in [2.45, 2.75) is 10.6 Å². The fraction of sp³-hybridized carbons (Fsp3) is 0.0769. The fourth-order valence-electron chi connectivity index (χ4n) is 1.40. The normalized spacial score (nSPS) is 10.5. The summed E-state index contributed by atoms with van der Waals surface area (Å²) in [7, 11) is 0. The zero-order valence-corrected chi connectivity index (χ0v) is 12.1. The maximum absolute atomic E-state index is 5.95. The topological polar surface area (TPSA) is 26.0 Å². The third-order valence-electron chi connectivity index (χ3n) is 2.32. The third kappa shape index (κ3) is 3.41. The van der Waals surface area contributed by atoms with Crippen molar-refractivity contribution in [2.24, 2.45) is 0 Å². The number of nitrogens with two attached hydrogens (primary N) is 1. The van der Waals surface area contributed by atoms with Crippen LogP contribution in [0.4, 0.5) is 5.69 Å². The Morgan fingerprint density at radius 1 is 1.18 bits per heavy atom. The average Bonchev–Trinajstić information content (AvgIpc) is 2.32. The standard InChI is InChI=1S/C13H11BrClNS/c14-11-4-2-1-3-9(11)8-17-13-7-10(15)5-6-12(13)16/h1-7H,8,16H2. The van der Waals surface area contributed by atoms with E-state index in [1.165, 1.54) is 5.56 Å². The van der Waals surface area contributed by atoms with E-state index in [1.54, 1.807) is 17.8 Å². The Morgan fingerprint density at radius 2 is 1.94 bits per heavy atom. The Labute approximate surface area is 118 Å². The van der Waals surface area contributed by atoms with Crippen LogP contribution in [-0.4, -0.2) is 0 Å². The van der Waals surface area contributed by atoms with E-state index in [1.807, 2.05) is 30.3 Å². The van der Waals surface area contributed by atoms with Gasteiger partial charge in [0.2, 0.25) is 0 Å². The highest BCUT2D eigenvalue weighted by atomic mass is 79.9. The largest absolute Gasteiger partial charge is 0.398 e. The van der Waals surface area contributed by atoms with Gasteiger partial charge in [0, 0.05) is 25.8 Å². The van der Waals surface area contributed by atoms with Gasteiger partial charge in [-0.3, -0.25) is 0 Å². The van der Waals surface area contributed by atoms with Crippen LogP contribution < -0.4 is 5.73 Å². The van der Waals surface area contributed by atoms with Crippen LogP contribution in [0.25, 0.3) is 0 Å². The van der Waals surface area contributed by atoms with Gasteiger partial charge in [0.1, 0.15) is 0 Å². The van der Waals surface area contributed by atoms with Crippen LogP contribution in [0, 0.1) is 0 Å². The minimum Gasteiger partial charge on any atom is -0.398 e. The molecule has 0 aliphatic carbocycles. The van der Waals surface area contributed by atoms with Gasteiger partial charge in [0.15, 0.2) is 0 Å². The first-order chi connectivity index (χ1) is 8.16. The maximum atomic E-state index is 5.95. The molecule has 2 aromatic carbocycles. The van der Waals surface area contributed by atoms with E-state index in [0.29, 0.717) is 5.02 Å². The van der Waals surface area contributed by atoms with Crippen LogP contribution in [0.3, 0.4) is 0 Å². The molecular weight excluding hydrogens is 318 g/mol. The fourth-order valence-corrected chi connectivity index (χ4v) is 3.26. The number of anilines is 1. The Kier molecular flexibility index (Phi) is 4.37. The van der Waals surface area contributed by atoms with Crippen LogP contribution >= 0.6 is 39.3 Å². The lowest BCUT2D eigenvalue weighted by molar-refractivity contribution is 1.36. The van der Waals surface area contributed by atoms with E-state index in [9.17, 15) is 0 Å². The van der Waals surface area contributed by atoms with Crippen molar-refractivity contribution in [1.29, 1.82) is 0 Å². The summed E-state index contributed by atoms with van der Waals surface area (Å²) in [4.78, 5) is 1.02. The highest BCUT2D eigenvalue weighted by molar-refractivity contribution is 9.10. The van der Waals surface area contributed by atoms with Gasteiger partial charge >= 0.3 is 0 Å². The molecule has 4 heteroatoms. The molecule has 2 N–H and O–H groups in total. The van der Waals surface area contributed by atoms with Crippen molar-refractivity contribution in [3.8, 4) is 0 Å². The molecule has 1 nitrogen and oxygen atoms in total. The number of benzene rings is 2. The quantitative estimate of drug-likeness (QED) is 0.635. The maximum Gasteiger partial charge on any atom is 0.0453 e. The number of hydrogen-bond acceptors (Lipinski definition) is 2. The molecule has 0 spiro atoms. The molecule has 0 aliphatic rings. The highest BCUT2D eigenvalue weighted by Crippen LogP contribution is 2.32. The monoisotopic (exact) mass is 327 g/mol. The van der Waals surface area contributed by atoms with Crippen molar-refractivity contribution in [3.63, 3.8) is 0 Å². The number of hydrogen-bond donors (Lipinski definition) is 1. The van der Waals surface area contributed by atoms with E-state index in [0.717, 1.165) is 20.8 Å². The van der Waals surface area contributed by atoms with Crippen LogP contribution in [0.1, 0.15) is 5.56 Å². The Balaban J connectivity index is 2.12. The van der Waals surface area contributed by atoms with E-state index < -0.39 is 0 Å². The lowest BCUT2D eigenvalue weighted by Gasteiger charge is -2.07. The molecule has 2 aromatic rings. The first-order valence-corrected chi connectivity index (χ1v) is 7.23. The molecule has 17 heavy (non-hydrogen) atoms. The van der Waals surface area contributed by atoms with Crippen LogP contribution in [0.5, 0.6) is 0 Å². The van der Waals surface area contributed by atoms with Crippen LogP contribution in [0.2, 0.25) is 5.02 Å². The second-order valence-electron chi connectivity index (χ2n) is 3.56. The van der Waals surface area contributed by atoms with E-state index in [-0.39, 0.29) is 0 Å². The van der Waals surface area contributed by atoms with Crippen molar-refractivity contribution < 1.29 is 0 Å². The molecule has 0 atom stereocenters.